The lowest BCUT2D eigenvalue weighted by Crippen LogP contribution is -2.42. The molecule has 2 heterocycles. The molecule has 2 aliphatic heterocycles. The summed E-state index contributed by atoms with van der Waals surface area (Å²) in [5.41, 5.74) is 4.59. The molecule has 0 aliphatic carbocycles. The van der Waals surface area contributed by atoms with Crippen LogP contribution >= 0.6 is 0 Å². The van der Waals surface area contributed by atoms with Crippen molar-refractivity contribution < 1.29 is 14.3 Å². The molecule has 5 nitrogen and oxygen atoms in total. The summed E-state index contributed by atoms with van der Waals surface area (Å²) in [5.74, 6) is 2.47. The molecular formula is C30H34N2O3. The van der Waals surface area contributed by atoms with Gasteiger partial charge in [0.1, 0.15) is 0 Å². The van der Waals surface area contributed by atoms with Gasteiger partial charge in [-0.2, -0.15) is 0 Å². The van der Waals surface area contributed by atoms with Gasteiger partial charge in [0.2, 0.25) is 6.79 Å². The molecule has 0 radical (unpaired) electrons. The van der Waals surface area contributed by atoms with Gasteiger partial charge in [-0.3, -0.25) is 9.69 Å². The molecule has 0 spiro atoms. The number of fused-ring (bicyclic) bond motifs is 1. The lowest BCUT2D eigenvalue weighted by Gasteiger charge is -2.32. The van der Waals surface area contributed by atoms with E-state index in [1.807, 2.05) is 41.3 Å². The van der Waals surface area contributed by atoms with Crippen molar-refractivity contribution in [2.24, 2.45) is 5.92 Å². The molecule has 3 aromatic rings. The molecule has 2 unspecified atom stereocenters. The van der Waals surface area contributed by atoms with Crippen molar-refractivity contribution in [2.75, 3.05) is 26.4 Å². The molecule has 1 amide bonds. The summed E-state index contributed by atoms with van der Waals surface area (Å²) in [4.78, 5) is 18.0. The minimum Gasteiger partial charge on any atom is -0.454 e. The maximum atomic E-state index is 13.4. The first kappa shape index (κ1) is 23.4. The van der Waals surface area contributed by atoms with Gasteiger partial charge in [-0.05, 0) is 62.1 Å². The van der Waals surface area contributed by atoms with Crippen LogP contribution in [0.15, 0.2) is 72.8 Å². The second-order valence-corrected chi connectivity index (χ2v) is 10.1. The van der Waals surface area contributed by atoms with Crippen LogP contribution < -0.4 is 9.47 Å². The quantitative estimate of drug-likeness (QED) is 0.458. The molecule has 3 aromatic carbocycles. The smallest absolute Gasteiger partial charge is 0.254 e. The van der Waals surface area contributed by atoms with Gasteiger partial charge in [-0.15, -0.1) is 0 Å². The van der Waals surface area contributed by atoms with E-state index >= 15 is 0 Å². The molecule has 0 saturated carbocycles. The van der Waals surface area contributed by atoms with E-state index in [2.05, 4.69) is 62.1 Å². The van der Waals surface area contributed by atoms with Gasteiger partial charge in [-0.25, -0.2) is 0 Å². The van der Waals surface area contributed by atoms with Crippen LogP contribution in [0.2, 0.25) is 0 Å². The minimum atomic E-state index is 0.109. The van der Waals surface area contributed by atoms with Gasteiger partial charge in [-0.1, -0.05) is 54.1 Å². The highest BCUT2D eigenvalue weighted by Crippen LogP contribution is 2.37. The summed E-state index contributed by atoms with van der Waals surface area (Å²) in [6.07, 6.45) is 0. The number of hydrogen-bond acceptors (Lipinski definition) is 4. The Morgan fingerprint density at radius 3 is 2.46 bits per heavy atom. The van der Waals surface area contributed by atoms with Crippen molar-refractivity contribution in [1.82, 2.24) is 9.80 Å². The number of rotatable bonds is 7. The van der Waals surface area contributed by atoms with E-state index in [9.17, 15) is 4.79 Å². The molecule has 0 aromatic heterocycles. The molecule has 1 saturated heterocycles. The molecule has 1 fully saturated rings. The van der Waals surface area contributed by atoms with Gasteiger partial charge in [0, 0.05) is 43.7 Å². The van der Waals surface area contributed by atoms with Crippen LogP contribution in [0.3, 0.4) is 0 Å². The van der Waals surface area contributed by atoms with Crippen LogP contribution in [0.25, 0.3) is 0 Å². The fraction of sp³-hybridized carbons (Fsp3) is 0.367. The van der Waals surface area contributed by atoms with E-state index in [1.54, 1.807) is 0 Å². The fourth-order valence-corrected chi connectivity index (χ4v) is 5.29. The molecule has 5 rings (SSSR count). The molecule has 0 N–H and O–H groups in total. The molecule has 5 heteroatoms. The summed E-state index contributed by atoms with van der Waals surface area (Å²) in [7, 11) is 0. The number of nitrogens with zero attached hydrogens (tertiary/aromatic N) is 2. The topological polar surface area (TPSA) is 42.0 Å². The Kier molecular flexibility index (Phi) is 6.78. The lowest BCUT2D eigenvalue weighted by atomic mass is 9.88. The van der Waals surface area contributed by atoms with Crippen LogP contribution in [-0.2, 0) is 6.54 Å². The Morgan fingerprint density at radius 1 is 0.971 bits per heavy atom. The number of ether oxygens (including phenoxy) is 2. The summed E-state index contributed by atoms with van der Waals surface area (Å²) in [5, 5.41) is 0. The standard InChI is InChI=1S/C30H34N2O3/c1-21(2)32(30(33)25-7-5-4-6-8-25)18-26-17-31(19-27(26)24-12-9-22(3)10-13-24)16-23-11-14-28-29(15-23)35-20-34-28/h4-15,21,26-27H,16-20H2,1-3H3. The average Bonchev–Trinajstić information content (AvgIpc) is 3.49. The highest BCUT2D eigenvalue weighted by Gasteiger charge is 2.36. The predicted molar refractivity (Wildman–Crippen MR) is 138 cm³/mol. The second-order valence-electron chi connectivity index (χ2n) is 10.1. The minimum absolute atomic E-state index is 0.109. The van der Waals surface area contributed by atoms with E-state index in [0.29, 0.717) is 18.6 Å². The summed E-state index contributed by atoms with van der Waals surface area (Å²) in [6.45, 7) is 10.1. The maximum absolute atomic E-state index is 13.4. The molecule has 2 aliphatic rings. The molecule has 2 atom stereocenters. The summed E-state index contributed by atoms with van der Waals surface area (Å²) < 4.78 is 11.1. The number of likely N-dealkylation sites (tertiary alicyclic amines) is 1. The number of carbonyl (C=O) groups excluding carboxylic acids is 1. The van der Waals surface area contributed by atoms with Gasteiger partial charge in [0.05, 0.1) is 0 Å². The largest absolute Gasteiger partial charge is 0.454 e. The SMILES string of the molecule is Cc1ccc(C2CN(Cc3ccc4c(c3)OCO4)CC2CN(C(=O)c2ccccc2)C(C)C)cc1. The summed E-state index contributed by atoms with van der Waals surface area (Å²) in [6, 6.07) is 24.9. The lowest BCUT2D eigenvalue weighted by molar-refractivity contribution is 0.0668. The van der Waals surface area contributed by atoms with Crippen molar-refractivity contribution in [3.8, 4) is 11.5 Å². The van der Waals surface area contributed by atoms with Gasteiger partial charge >= 0.3 is 0 Å². The van der Waals surface area contributed by atoms with Crippen LogP contribution in [0.4, 0.5) is 0 Å². The predicted octanol–water partition coefficient (Wildman–Crippen LogP) is 5.49. The third-order valence-electron chi connectivity index (χ3n) is 7.20. The van der Waals surface area contributed by atoms with Crippen molar-refractivity contribution in [2.45, 2.75) is 39.3 Å². The number of amides is 1. The number of carbonyl (C=O) groups is 1. The second kappa shape index (κ2) is 10.1. The van der Waals surface area contributed by atoms with Gasteiger partial charge in [0.25, 0.3) is 5.91 Å². The van der Waals surface area contributed by atoms with Crippen LogP contribution in [0, 0.1) is 12.8 Å². The first-order valence-corrected chi connectivity index (χ1v) is 12.5. The molecule has 35 heavy (non-hydrogen) atoms. The van der Waals surface area contributed by atoms with E-state index in [0.717, 1.165) is 43.2 Å². The highest BCUT2D eigenvalue weighted by molar-refractivity contribution is 5.94. The highest BCUT2D eigenvalue weighted by atomic mass is 16.7. The Balaban J connectivity index is 1.37. The monoisotopic (exact) mass is 470 g/mol. The zero-order valence-corrected chi connectivity index (χ0v) is 20.8. The first-order chi connectivity index (χ1) is 17.0. The van der Waals surface area contributed by atoms with E-state index in [1.165, 1.54) is 16.7 Å². The van der Waals surface area contributed by atoms with E-state index in [4.69, 9.17) is 9.47 Å². The number of hydrogen-bond donors (Lipinski definition) is 0. The van der Waals surface area contributed by atoms with Gasteiger partial charge in [0.15, 0.2) is 11.5 Å². The molecule has 0 bridgehead atoms. The average molecular weight is 471 g/mol. The van der Waals surface area contributed by atoms with Crippen LogP contribution in [-0.4, -0.2) is 48.2 Å². The molecule has 182 valence electrons. The van der Waals surface area contributed by atoms with Gasteiger partial charge < -0.3 is 14.4 Å². The first-order valence-electron chi connectivity index (χ1n) is 12.5. The van der Waals surface area contributed by atoms with Crippen molar-refractivity contribution in [3.63, 3.8) is 0 Å². The van der Waals surface area contributed by atoms with E-state index in [-0.39, 0.29) is 11.9 Å². The normalized spacial score (nSPS) is 19.3. The Bertz CT molecular complexity index is 1160. The fourth-order valence-electron chi connectivity index (χ4n) is 5.29. The number of benzene rings is 3. The zero-order chi connectivity index (χ0) is 24.4. The van der Waals surface area contributed by atoms with Crippen LogP contribution in [0.1, 0.15) is 46.8 Å². The summed E-state index contributed by atoms with van der Waals surface area (Å²) >= 11 is 0. The third kappa shape index (κ3) is 5.20. The maximum Gasteiger partial charge on any atom is 0.254 e. The Hall–Kier alpha value is -3.31. The third-order valence-corrected chi connectivity index (χ3v) is 7.20. The van der Waals surface area contributed by atoms with Crippen molar-refractivity contribution >= 4 is 5.91 Å². The van der Waals surface area contributed by atoms with Crippen molar-refractivity contribution in [3.05, 3.63) is 95.1 Å². The van der Waals surface area contributed by atoms with Crippen LogP contribution in [0.5, 0.6) is 11.5 Å². The van der Waals surface area contributed by atoms with Crippen molar-refractivity contribution in [1.29, 1.82) is 0 Å². The molecular weight excluding hydrogens is 436 g/mol. The Labute approximate surface area is 208 Å². The zero-order valence-electron chi connectivity index (χ0n) is 20.8. The van der Waals surface area contributed by atoms with E-state index < -0.39 is 0 Å². The number of aryl methyl sites for hydroxylation is 1. The Morgan fingerprint density at radius 2 is 1.71 bits per heavy atom.